The van der Waals surface area contributed by atoms with Crippen LogP contribution in [0, 0.1) is 11.6 Å². The molecule has 0 bridgehead atoms. The Bertz CT molecular complexity index is 1210. The van der Waals surface area contributed by atoms with E-state index in [0.29, 0.717) is 11.3 Å². The molecule has 1 heterocycles. The van der Waals surface area contributed by atoms with Gasteiger partial charge in [-0.25, -0.2) is 17.2 Å². The van der Waals surface area contributed by atoms with Gasteiger partial charge >= 0.3 is 0 Å². The van der Waals surface area contributed by atoms with Crippen LogP contribution in [0.25, 0.3) is 10.4 Å². The van der Waals surface area contributed by atoms with E-state index < -0.39 is 33.5 Å². The topological polar surface area (TPSA) is 109 Å². The van der Waals surface area contributed by atoms with E-state index in [2.05, 4.69) is 5.32 Å². The summed E-state index contributed by atoms with van der Waals surface area (Å²) in [6.07, 6.45) is 0.432. The maximum Gasteiger partial charge on any atom is 0.251 e. The summed E-state index contributed by atoms with van der Waals surface area (Å²) in [6, 6.07) is 9.40. The normalized spacial score (nSPS) is 12.5. The summed E-state index contributed by atoms with van der Waals surface area (Å²) in [5.41, 5.74) is 5.95. The SMILES string of the molecule is CC(O)Cc1cc(F)c(-c2cc(C(N)=O)c(Nc3ccc(S(C)(=O)=O)cc3)s2)c(F)c1. The molecule has 0 saturated heterocycles. The molecule has 2 aromatic carbocycles. The van der Waals surface area contributed by atoms with Gasteiger partial charge in [0.15, 0.2) is 9.84 Å². The molecule has 6 nitrogen and oxygen atoms in total. The number of rotatable bonds is 7. The number of hydrogen-bond acceptors (Lipinski definition) is 6. The number of nitrogens with two attached hydrogens (primary N) is 1. The second-order valence-corrected chi connectivity index (χ2v) is 10.2. The van der Waals surface area contributed by atoms with Crippen LogP contribution in [0.5, 0.6) is 0 Å². The fourth-order valence-electron chi connectivity index (χ4n) is 3.03. The molecule has 3 rings (SSSR count). The Kier molecular flexibility index (Phi) is 6.44. The van der Waals surface area contributed by atoms with Crippen LogP contribution in [-0.2, 0) is 16.3 Å². The zero-order valence-corrected chi connectivity index (χ0v) is 18.3. The first-order valence-corrected chi connectivity index (χ1v) is 11.8. The van der Waals surface area contributed by atoms with Gasteiger partial charge in [-0.1, -0.05) is 0 Å². The number of thiophene rings is 1. The van der Waals surface area contributed by atoms with Crippen molar-refractivity contribution in [3.63, 3.8) is 0 Å². The van der Waals surface area contributed by atoms with Gasteiger partial charge in [0.05, 0.1) is 22.1 Å². The van der Waals surface area contributed by atoms with E-state index in [1.165, 1.54) is 37.3 Å². The van der Waals surface area contributed by atoms with Crippen molar-refractivity contribution >= 4 is 37.8 Å². The van der Waals surface area contributed by atoms with Gasteiger partial charge in [0.1, 0.15) is 16.6 Å². The number of nitrogens with one attached hydrogen (secondary N) is 1. The lowest BCUT2D eigenvalue weighted by atomic mass is 10.0. The summed E-state index contributed by atoms with van der Waals surface area (Å²) >= 11 is 0.934. The van der Waals surface area contributed by atoms with E-state index in [0.717, 1.165) is 29.7 Å². The van der Waals surface area contributed by atoms with Gasteiger partial charge in [0, 0.05) is 16.8 Å². The van der Waals surface area contributed by atoms with Crippen molar-refractivity contribution in [3.8, 4) is 10.4 Å². The lowest BCUT2D eigenvalue weighted by molar-refractivity contribution is 0.100. The second kappa shape index (κ2) is 8.74. The number of anilines is 2. The van der Waals surface area contributed by atoms with E-state index in [1.807, 2.05) is 0 Å². The highest BCUT2D eigenvalue weighted by Gasteiger charge is 2.21. The number of carbonyl (C=O) groups excluding carboxylic acids is 1. The van der Waals surface area contributed by atoms with E-state index in [-0.39, 0.29) is 32.3 Å². The van der Waals surface area contributed by atoms with Crippen LogP contribution in [0.15, 0.2) is 47.4 Å². The molecule has 164 valence electrons. The molecule has 1 aromatic heterocycles. The first-order chi connectivity index (χ1) is 14.5. The van der Waals surface area contributed by atoms with E-state index in [1.54, 1.807) is 0 Å². The van der Waals surface area contributed by atoms with Gasteiger partial charge in [0.2, 0.25) is 0 Å². The number of halogens is 2. The van der Waals surface area contributed by atoms with Gasteiger partial charge in [-0.15, -0.1) is 11.3 Å². The molecule has 4 N–H and O–H groups in total. The molecular formula is C21H20F2N2O4S2. The van der Waals surface area contributed by atoms with Crippen molar-refractivity contribution in [2.75, 3.05) is 11.6 Å². The Labute approximate surface area is 182 Å². The summed E-state index contributed by atoms with van der Waals surface area (Å²) in [5, 5.41) is 12.6. The maximum atomic E-state index is 14.7. The minimum Gasteiger partial charge on any atom is -0.393 e. The summed E-state index contributed by atoms with van der Waals surface area (Å²) in [5.74, 6) is -2.43. The van der Waals surface area contributed by atoms with Gasteiger partial charge < -0.3 is 16.2 Å². The number of aliphatic hydroxyl groups excluding tert-OH is 1. The minimum absolute atomic E-state index is 0.0408. The van der Waals surface area contributed by atoms with Crippen molar-refractivity contribution in [1.82, 2.24) is 0 Å². The monoisotopic (exact) mass is 466 g/mol. The van der Waals surface area contributed by atoms with Gasteiger partial charge in [-0.2, -0.15) is 0 Å². The van der Waals surface area contributed by atoms with Crippen LogP contribution in [0.3, 0.4) is 0 Å². The third-order valence-corrected chi connectivity index (χ3v) is 6.61. The van der Waals surface area contributed by atoms with Gasteiger partial charge in [-0.05, 0) is 61.4 Å². The van der Waals surface area contributed by atoms with Crippen molar-refractivity contribution in [2.24, 2.45) is 5.73 Å². The highest BCUT2D eigenvalue weighted by molar-refractivity contribution is 7.90. The molecule has 0 aliphatic carbocycles. The summed E-state index contributed by atoms with van der Waals surface area (Å²) < 4.78 is 52.5. The largest absolute Gasteiger partial charge is 0.393 e. The Morgan fingerprint density at radius 3 is 2.23 bits per heavy atom. The van der Waals surface area contributed by atoms with E-state index in [4.69, 9.17) is 5.73 Å². The molecule has 1 amide bonds. The molecular weight excluding hydrogens is 446 g/mol. The van der Waals surface area contributed by atoms with Crippen LogP contribution in [0.1, 0.15) is 22.8 Å². The zero-order chi connectivity index (χ0) is 22.9. The van der Waals surface area contributed by atoms with Crippen LogP contribution in [-0.4, -0.2) is 31.8 Å². The lowest BCUT2D eigenvalue weighted by Crippen LogP contribution is -2.11. The first kappa shape index (κ1) is 22.9. The highest BCUT2D eigenvalue weighted by atomic mass is 32.2. The van der Waals surface area contributed by atoms with E-state index in [9.17, 15) is 27.1 Å². The number of amides is 1. The van der Waals surface area contributed by atoms with Crippen LogP contribution >= 0.6 is 11.3 Å². The Morgan fingerprint density at radius 1 is 1.16 bits per heavy atom. The molecule has 0 radical (unpaired) electrons. The van der Waals surface area contributed by atoms with E-state index >= 15 is 0 Å². The van der Waals surface area contributed by atoms with Crippen molar-refractivity contribution in [1.29, 1.82) is 0 Å². The zero-order valence-electron chi connectivity index (χ0n) is 16.6. The molecule has 31 heavy (non-hydrogen) atoms. The highest BCUT2D eigenvalue weighted by Crippen LogP contribution is 2.39. The average molecular weight is 467 g/mol. The third-order valence-electron chi connectivity index (χ3n) is 4.42. The molecule has 0 aliphatic heterocycles. The predicted octanol–water partition coefficient (Wildman–Crippen LogP) is 3.86. The van der Waals surface area contributed by atoms with Crippen LogP contribution < -0.4 is 11.1 Å². The van der Waals surface area contributed by atoms with Crippen LogP contribution in [0.2, 0.25) is 0 Å². The molecule has 10 heteroatoms. The fraction of sp³-hybridized carbons (Fsp3) is 0.190. The number of carbonyl (C=O) groups is 1. The lowest BCUT2D eigenvalue weighted by Gasteiger charge is -2.08. The summed E-state index contributed by atoms with van der Waals surface area (Å²) in [7, 11) is -3.37. The number of benzene rings is 2. The Balaban J connectivity index is 1.99. The smallest absolute Gasteiger partial charge is 0.251 e. The average Bonchev–Trinajstić information content (AvgIpc) is 3.03. The molecule has 0 aliphatic rings. The number of sulfone groups is 1. The molecule has 3 aromatic rings. The molecule has 1 unspecified atom stereocenters. The number of hydrogen-bond donors (Lipinski definition) is 3. The minimum atomic E-state index is -3.37. The fourth-order valence-corrected chi connectivity index (χ4v) is 4.79. The molecule has 0 spiro atoms. The van der Waals surface area contributed by atoms with Crippen molar-refractivity contribution in [3.05, 3.63) is 65.2 Å². The molecule has 1 atom stereocenters. The summed E-state index contributed by atoms with van der Waals surface area (Å²) in [6.45, 7) is 1.52. The maximum absolute atomic E-state index is 14.7. The second-order valence-electron chi connectivity index (χ2n) is 7.13. The molecule has 0 fully saturated rings. The predicted molar refractivity (Wildman–Crippen MR) is 116 cm³/mol. The van der Waals surface area contributed by atoms with Crippen molar-refractivity contribution in [2.45, 2.75) is 24.3 Å². The summed E-state index contributed by atoms with van der Waals surface area (Å²) in [4.78, 5) is 12.2. The number of aliphatic hydroxyl groups is 1. The standard InChI is InChI=1S/C21H20F2N2O4S2/c1-11(26)7-12-8-16(22)19(17(23)9-12)18-10-15(20(24)27)21(30-18)25-13-3-5-14(6-4-13)31(2,28)29/h3-6,8-11,25-26H,7H2,1-2H3,(H2,24,27). The van der Waals surface area contributed by atoms with Gasteiger partial charge in [-0.3, -0.25) is 4.79 Å². The Morgan fingerprint density at radius 2 is 1.74 bits per heavy atom. The quantitative estimate of drug-likeness (QED) is 0.490. The van der Waals surface area contributed by atoms with Gasteiger partial charge in [0.25, 0.3) is 5.91 Å². The van der Waals surface area contributed by atoms with Crippen molar-refractivity contribution < 1.29 is 27.1 Å². The first-order valence-electron chi connectivity index (χ1n) is 9.13. The number of primary amides is 1. The third kappa shape index (κ3) is 5.27. The molecule has 0 saturated carbocycles. The van der Waals surface area contributed by atoms with Crippen LogP contribution in [0.4, 0.5) is 19.5 Å². The Hall–Kier alpha value is -2.82.